The molecule has 0 heterocycles. The van der Waals surface area contributed by atoms with E-state index >= 15 is 0 Å². The number of allylic oxidation sites excluding steroid dienone is 2. The number of aliphatic hydroxyl groups excluding tert-OH is 1. The van der Waals surface area contributed by atoms with Crippen molar-refractivity contribution in [3.63, 3.8) is 0 Å². The first-order valence-corrected chi connectivity index (χ1v) is 16.8. The number of hydrogen-bond acceptors (Lipinski definition) is 1. The Kier molecular flexibility index (Phi) is 8.08. The summed E-state index contributed by atoms with van der Waals surface area (Å²) in [6.45, 7) is 17.6. The molecule has 1 N–H and O–H groups in total. The molecule has 0 radical (unpaired) electrons. The monoisotopic (exact) mass is 510 g/mol. The van der Waals surface area contributed by atoms with E-state index < -0.39 is 0 Å². The van der Waals surface area contributed by atoms with Gasteiger partial charge in [0.2, 0.25) is 0 Å². The molecular formula is C36H62O. The van der Waals surface area contributed by atoms with Crippen LogP contribution in [0.4, 0.5) is 0 Å². The fourth-order valence-electron chi connectivity index (χ4n) is 11.3. The molecule has 4 fully saturated rings. The van der Waals surface area contributed by atoms with Crippen molar-refractivity contribution in [1.29, 1.82) is 0 Å². The lowest BCUT2D eigenvalue weighted by molar-refractivity contribution is -0.0791. The number of aliphatic hydroxyl groups is 1. The van der Waals surface area contributed by atoms with Gasteiger partial charge < -0.3 is 5.11 Å². The van der Waals surface area contributed by atoms with Crippen LogP contribution in [0.2, 0.25) is 0 Å². The Morgan fingerprint density at radius 3 is 2.38 bits per heavy atom. The van der Waals surface area contributed by atoms with Crippen molar-refractivity contribution < 1.29 is 5.11 Å². The zero-order valence-corrected chi connectivity index (χ0v) is 25.8. The van der Waals surface area contributed by atoms with E-state index in [1.807, 2.05) is 5.57 Å². The molecule has 5 aliphatic carbocycles. The van der Waals surface area contributed by atoms with Gasteiger partial charge in [0.05, 0.1) is 6.10 Å². The second kappa shape index (κ2) is 10.6. The highest BCUT2D eigenvalue weighted by Crippen LogP contribution is 2.69. The van der Waals surface area contributed by atoms with Gasteiger partial charge in [-0.25, -0.2) is 0 Å². The smallest absolute Gasteiger partial charge is 0.0545 e. The summed E-state index contributed by atoms with van der Waals surface area (Å²) in [6.07, 6.45) is 23.6. The predicted molar refractivity (Wildman–Crippen MR) is 158 cm³/mol. The van der Waals surface area contributed by atoms with E-state index in [9.17, 15) is 5.11 Å². The maximum absolute atomic E-state index is 10.4. The molecule has 0 amide bonds. The van der Waals surface area contributed by atoms with Crippen LogP contribution in [-0.2, 0) is 0 Å². The van der Waals surface area contributed by atoms with Gasteiger partial charge in [0, 0.05) is 0 Å². The lowest BCUT2D eigenvalue weighted by atomic mass is 9.44. The minimum absolute atomic E-state index is 0.0424. The summed E-state index contributed by atoms with van der Waals surface area (Å²) in [6, 6.07) is 0. The zero-order chi connectivity index (χ0) is 26.6. The normalized spacial score (nSPS) is 48.1. The van der Waals surface area contributed by atoms with Crippen molar-refractivity contribution >= 4 is 0 Å². The van der Waals surface area contributed by atoms with Gasteiger partial charge in [-0.3, -0.25) is 0 Å². The number of fused-ring (bicyclic) bond motifs is 5. The van der Waals surface area contributed by atoms with E-state index in [-0.39, 0.29) is 6.10 Å². The quantitative estimate of drug-likeness (QED) is 0.278. The van der Waals surface area contributed by atoms with Gasteiger partial charge in [-0.2, -0.15) is 0 Å². The summed E-state index contributed by atoms with van der Waals surface area (Å²) in [7, 11) is 0. The van der Waals surface area contributed by atoms with Crippen LogP contribution in [0.1, 0.15) is 145 Å². The van der Waals surface area contributed by atoms with E-state index in [1.165, 1.54) is 83.5 Å². The van der Waals surface area contributed by atoms with Crippen LogP contribution in [0.25, 0.3) is 0 Å². The molecule has 5 aliphatic rings. The van der Waals surface area contributed by atoms with E-state index in [0.717, 1.165) is 54.3 Å². The molecule has 1 heteroatoms. The van der Waals surface area contributed by atoms with E-state index in [1.54, 1.807) is 0 Å². The first-order chi connectivity index (χ1) is 17.4. The lowest BCUT2D eigenvalue weighted by Gasteiger charge is -2.61. The fraction of sp³-hybridized carbons (Fsp3) is 0.944. The van der Waals surface area contributed by atoms with Gasteiger partial charge in [-0.1, -0.05) is 73.0 Å². The van der Waals surface area contributed by atoms with Crippen LogP contribution in [0.3, 0.4) is 0 Å². The molecule has 0 aromatic rings. The van der Waals surface area contributed by atoms with Gasteiger partial charge >= 0.3 is 0 Å². The number of unbranched alkanes of at least 4 members (excludes halogenated alkanes) is 1. The topological polar surface area (TPSA) is 20.2 Å². The average molecular weight is 511 g/mol. The summed E-state index contributed by atoms with van der Waals surface area (Å²) in [5, 5.41) is 10.4. The highest BCUT2D eigenvalue weighted by Gasteiger charge is 2.60. The minimum atomic E-state index is -0.0424. The van der Waals surface area contributed by atoms with Gasteiger partial charge in [0.1, 0.15) is 0 Å². The molecule has 0 spiro atoms. The Labute approximate surface area is 231 Å². The van der Waals surface area contributed by atoms with Crippen LogP contribution < -0.4 is 0 Å². The third kappa shape index (κ3) is 5.52. The van der Waals surface area contributed by atoms with Gasteiger partial charge in [0.25, 0.3) is 0 Å². The van der Waals surface area contributed by atoms with Gasteiger partial charge in [-0.05, 0) is 147 Å². The maximum atomic E-state index is 10.4. The van der Waals surface area contributed by atoms with Crippen LogP contribution in [0.15, 0.2) is 11.6 Å². The third-order valence-corrected chi connectivity index (χ3v) is 13.4. The van der Waals surface area contributed by atoms with Crippen LogP contribution >= 0.6 is 0 Å². The highest BCUT2D eigenvalue weighted by molar-refractivity contribution is 5.25. The standard InChI is InChI=1S/C36H62O/c1-24-20-26(23-29(37)21-24)22-27-11-14-31-30(25(27)2)13-16-33-32-15-12-28(10-8-9-17-34(3,4)5)35(32,6)18-19-36(31,33)7/h13,24-29,31-33,37H,8-12,14-23H2,1-7H3. The Morgan fingerprint density at radius 1 is 0.892 bits per heavy atom. The minimum Gasteiger partial charge on any atom is -0.393 e. The molecule has 11 atom stereocenters. The fourth-order valence-corrected chi connectivity index (χ4v) is 11.3. The largest absolute Gasteiger partial charge is 0.393 e. The number of hydrogen-bond donors (Lipinski definition) is 1. The van der Waals surface area contributed by atoms with Crippen molar-refractivity contribution in [2.24, 2.45) is 63.6 Å². The van der Waals surface area contributed by atoms with Crippen molar-refractivity contribution in [1.82, 2.24) is 0 Å². The molecular weight excluding hydrogens is 448 g/mol. The second-order valence-electron chi connectivity index (χ2n) is 17.0. The SMILES string of the molecule is CC1CC(O)CC(CC2CCC3C(=CCC4C5CCC(CCCCC(C)(C)C)C5(C)CCC34C)C2C)C1. The summed E-state index contributed by atoms with van der Waals surface area (Å²) in [4.78, 5) is 0. The highest BCUT2D eigenvalue weighted by atomic mass is 16.3. The van der Waals surface area contributed by atoms with E-state index in [2.05, 4.69) is 54.5 Å². The molecule has 4 saturated carbocycles. The first-order valence-electron chi connectivity index (χ1n) is 16.8. The molecule has 0 aliphatic heterocycles. The zero-order valence-electron chi connectivity index (χ0n) is 25.8. The van der Waals surface area contributed by atoms with Crippen LogP contribution in [0, 0.1) is 63.6 Å². The van der Waals surface area contributed by atoms with Gasteiger partial charge in [0.15, 0.2) is 0 Å². The van der Waals surface area contributed by atoms with E-state index in [0.29, 0.717) is 22.2 Å². The van der Waals surface area contributed by atoms with Crippen molar-refractivity contribution in [2.75, 3.05) is 0 Å². The first kappa shape index (κ1) is 28.2. The molecule has 1 nitrogen and oxygen atoms in total. The maximum Gasteiger partial charge on any atom is 0.0545 e. The van der Waals surface area contributed by atoms with Crippen molar-refractivity contribution in [3.8, 4) is 0 Å². The molecule has 37 heavy (non-hydrogen) atoms. The molecule has 212 valence electrons. The summed E-state index contributed by atoms with van der Waals surface area (Å²) >= 11 is 0. The molecule has 0 bridgehead atoms. The second-order valence-corrected chi connectivity index (χ2v) is 17.0. The van der Waals surface area contributed by atoms with Gasteiger partial charge in [-0.15, -0.1) is 0 Å². The molecule has 0 aromatic heterocycles. The Hall–Kier alpha value is -0.300. The molecule has 0 saturated heterocycles. The van der Waals surface area contributed by atoms with Crippen molar-refractivity contribution in [2.45, 2.75) is 151 Å². The van der Waals surface area contributed by atoms with Crippen molar-refractivity contribution in [3.05, 3.63) is 11.6 Å². The molecule has 0 aromatic carbocycles. The molecule has 11 unspecified atom stereocenters. The summed E-state index contributed by atoms with van der Waals surface area (Å²) in [5.41, 5.74) is 3.52. The Bertz CT molecular complexity index is 809. The van der Waals surface area contributed by atoms with Crippen LogP contribution in [-0.4, -0.2) is 11.2 Å². The summed E-state index contributed by atoms with van der Waals surface area (Å²) in [5.74, 6) is 6.80. The Morgan fingerprint density at radius 2 is 1.65 bits per heavy atom. The van der Waals surface area contributed by atoms with E-state index in [4.69, 9.17) is 0 Å². The predicted octanol–water partition coefficient (Wildman–Crippen LogP) is 10.2. The third-order valence-electron chi connectivity index (χ3n) is 13.4. The summed E-state index contributed by atoms with van der Waals surface area (Å²) < 4.78 is 0. The molecule has 5 rings (SSSR count). The van der Waals surface area contributed by atoms with Crippen LogP contribution in [0.5, 0.6) is 0 Å². The lowest BCUT2D eigenvalue weighted by Crippen LogP contribution is -2.52. The average Bonchev–Trinajstić information content (AvgIpc) is 3.13. The number of rotatable bonds is 6. The Balaban J connectivity index is 1.24.